The standard InChI is InChI=1S/C18H19NO/c1-10-8-15-16-11-6-7-12(9-11)17(16)18(20)19(15)14-5-3-2-4-13(10)14/h2-7,10-12,15-17H,8-9H2,1H3/t10-,11?,12?,15+,16+,17+/m0/s1. The first kappa shape index (κ1) is 11.1. The molecule has 6 atom stereocenters. The van der Waals surface area contributed by atoms with Gasteiger partial charge in [-0.05, 0) is 48.1 Å². The van der Waals surface area contributed by atoms with Crippen molar-refractivity contribution in [2.45, 2.75) is 31.7 Å². The van der Waals surface area contributed by atoms with E-state index in [0.29, 0.717) is 35.6 Å². The van der Waals surface area contributed by atoms with Crippen molar-refractivity contribution in [2.24, 2.45) is 23.7 Å². The molecule has 1 aromatic rings. The topological polar surface area (TPSA) is 20.3 Å². The van der Waals surface area contributed by atoms with Crippen LogP contribution in [0.1, 0.15) is 31.2 Å². The van der Waals surface area contributed by atoms with Gasteiger partial charge < -0.3 is 4.90 Å². The Morgan fingerprint density at radius 3 is 2.80 bits per heavy atom. The van der Waals surface area contributed by atoms with Crippen LogP contribution in [-0.2, 0) is 4.79 Å². The van der Waals surface area contributed by atoms with E-state index in [9.17, 15) is 4.79 Å². The number of carbonyl (C=O) groups excluding carboxylic acids is 1. The molecule has 2 nitrogen and oxygen atoms in total. The van der Waals surface area contributed by atoms with Gasteiger partial charge >= 0.3 is 0 Å². The molecule has 2 heterocycles. The number of rotatable bonds is 0. The molecule has 5 rings (SSSR count). The van der Waals surface area contributed by atoms with E-state index in [2.05, 4.69) is 48.2 Å². The van der Waals surface area contributed by atoms with Gasteiger partial charge in [-0.25, -0.2) is 0 Å². The maximum Gasteiger partial charge on any atom is 0.231 e. The van der Waals surface area contributed by atoms with Crippen molar-refractivity contribution in [2.75, 3.05) is 4.90 Å². The van der Waals surface area contributed by atoms with Crippen LogP contribution in [0.5, 0.6) is 0 Å². The lowest BCUT2D eigenvalue weighted by molar-refractivity contribution is -0.121. The minimum Gasteiger partial charge on any atom is -0.308 e. The van der Waals surface area contributed by atoms with Crippen LogP contribution in [0.4, 0.5) is 5.69 Å². The highest BCUT2D eigenvalue weighted by Crippen LogP contribution is 2.58. The summed E-state index contributed by atoms with van der Waals surface area (Å²) in [6.07, 6.45) is 7.05. The minimum absolute atomic E-state index is 0.272. The van der Waals surface area contributed by atoms with Gasteiger partial charge in [0.15, 0.2) is 0 Å². The van der Waals surface area contributed by atoms with Gasteiger partial charge in [0.1, 0.15) is 0 Å². The summed E-state index contributed by atoms with van der Waals surface area (Å²) in [7, 11) is 0. The summed E-state index contributed by atoms with van der Waals surface area (Å²) in [4.78, 5) is 15.1. The summed E-state index contributed by atoms with van der Waals surface area (Å²) in [6.45, 7) is 2.32. The number of hydrogen-bond acceptors (Lipinski definition) is 1. The number of nitrogens with zero attached hydrogens (tertiary/aromatic N) is 1. The first-order chi connectivity index (χ1) is 9.75. The van der Waals surface area contributed by atoms with Crippen molar-refractivity contribution in [3.8, 4) is 0 Å². The van der Waals surface area contributed by atoms with Gasteiger partial charge in [0, 0.05) is 11.7 Å². The molecule has 1 aromatic carbocycles. The van der Waals surface area contributed by atoms with Crippen LogP contribution < -0.4 is 4.90 Å². The second kappa shape index (κ2) is 3.55. The zero-order chi connectivity index (χ0) is 13.4. The number of anilines is 1. The summed E-state index contributed by atoms with van der Waals surface area (Å²) in [5, 5.41) is 0. The van der Waals surface area contributed by atoms with Gasteiger partial charge in [0.2, 0.25) is 5.91 Å². The van der Waals surface area contributed by atoms with Gasteiger partial charge in [0.25, 0.3) is 0 Å². The molecule has 1 amide bonds. The van der Waals surface area contributed by atoms with Gasteiger partial charge in [-0.3, -0.25) is 4.79 Å². The van der Waals surface area contributed by atoms with E-state index in [1.807, 2.05) is 0 Å². The highest BCUT2D eigenvalue weighted by molar-refractivity contribution is 6.00. The molecular formula is C18H19NO. The number of benzene rings is 1. The average Bonchev–Trinajstić information content (AvgIpc) is 3.13. The van der Waals surface area contributed by atoms with Gasteiger partial charge in [-0.1, -0.05) is 37.3 Å². The first-order valence-electron chi connectivity index (χ1n) is 7.86. The molecule has 4 aliphatic rings. The fourth-order valence-corrected chi connectivity index (χ4v) is 5.40. The highest BCUT2D eigenvalue weighted by atomic mass is 16.2. The van der Waals surface area contributed by atoms with E-state index in [1.54, 1.807) is 0 Å². The third-order valence-electron chi connectivity index (χ3n) is 6.14. The van der Waals surface area contributed by atoms with Crippen LogP contribution >= 0.6 is 0 Å². The molecule has 0 spiro atoms. The van der Waals surface area contributed by atoms with E-state index < -0.39 is 0 Å². The van der Waals surface area contributed by atoms with E-state index in [4.69, 9.17) is 0 Å². The molecule has 1 saturated heterocycles. The van der Waals surface area contributed by atoms with Crippen LogP contribution in [-0.4, -0.2) is 11.9 Å². The van der Waals surface area contributed by atoms with Crippen molar-refractivity contribution < 1.29 is 4.79 Å². The Balaban J connectivity index is 1.67. The molecule has 2 bridgehead atoms. The molecule has 2 fully saturated rings. The molecule has 2 unspecified atom stereocenters. The lowest BCUT2D eigenvalue weighted by Crippen LogP contribution is -2.41. The Bertz CT molecular complexity index is 634. The molecule has 1 saturated carbocycles. The maximum absolute atomic E-state index is 13.0. The van der Waals surface area contributed by atoms with Crippen molar-refractivity contribution in [3.05, 3.63) is 42.0 Å². The van der Waals surface area contributed by atoms with Gasteiger partial charge in [0.05, 0.1) is 5.92 Å². The van der Waals surface area contributed by atoms with Crippen LogP contribution in [0.2, 0.25) is 0 Å². The maximum atomic E-state index is 13.0. The zero-order valence-corrected chi connectivity index (χ0v) is 11.7. The molecule has 0 N–H and O–H groups in total. The normalized spacial score (nSPS) is 43.6. The van der Waals surface area contributed by atoms with E-state index in [1.165, 1.54) is 17.7 Å². The number of amides is 1. The minimum atomic E-state index is 0.272. The van der Waals surface area contributed by atoms with Crippen molar-refractivity contribution >= 4 is 11.6 Å². The van der Waals surface area contributed by atoms with Crippen LogP contribution in [0.3, 0.4) is 0 Å². The Labute approximate surface area is 119 Å². The lowest BCUT2D eigenvalue weighted by atomic mass is 9.77. The zero-order valence-electron chi connectivity index (χ0n) is 11.7. The second-order valence-corrected chi connectivity index (χ2v) is 7.02. The molecular weight excluding hydrogens is 246 g/mol. The molecule has 102 valence electrons. The number of para-hydroxylation sites is 1. The Morgan fingerprint density at radius 1 is 1.10 bits per heavy atom. The predicted molar refractivity (Wildman–Crippen MR) is 78.5 cm³/mol. The molecule has 20 heavy (non-hydrogen) atoms. The third kappa shape index (κ3) is 1.15. The molecule has 2 aliphatic carbocycles. The van der Waals surface area contributed by atoms with Crippen molar-refractivity contribution in [3.63, 3.8) is 0 Å². The Hall–Kier alpha value is -1.57. The highest BCUT2D eigenvalue weighted by Gasteiger charge is 2.60. The summed E-state index contributed by atoms with van der Waals surface area (Å²) >= 11 is 0. The quantitative estimate of drug-likeness (QED) is 0.659. The van der Waals surface area contributed by atoms with Crippen molar-refractivity contribution in [1.82, 2.24) is 0 Å². The molecule has 0 aromatic heterocycles. The predicted octanol–water partition coefficient (Wildman–Crippen LogP) is 3.35. The summed E-state index contributed by atoms with van der Waals surface area (Å²) in [5.41, 5.74) is 2.55. The van der Waals surface area contributed by atoms with E-state index in [0.717, 1.165) is 6.42 Å². The molecule has 0 radical (unpaired) electrons. The second-order valence-electron chi connectivity index (χ2n) is 7.02. The number of allylic oxidation sites excluding steroid dienone is 2. The number of carbonyl (C=O) groups is 1. The average molecular weight is 265 g/mol. The SMILES string of the molecule is C[C@H]1C[C@@H]2[C@H]3C4C=CC(C4)[C@H]3C(=O)N2c2ccccc21. The third-order valence-corrected chi connectivity index (χ3v) is 6.14. The monoisotopic (exact) mass is 265 g/mol. The fourth-order valence-electron chi connectivity index (χ4n) is 5.40. The van der Waals surface area contributed by atoms with Crippen molar-refractivity contribution in [1.29, 1.82) is 0 Å². The fraction of sp³-hybridized carbons (Fsp3) is 0.500. The van der Waals surface area contributed by atoms with E-state index in [-0.39, 0.29) is 5.92 Å². The van der Waals surface area contributed by atoms with Gasteiger partial charge in [-0.15, -0.1) is 0 Å². The Morgan fingerprint density at radius 2 is 1.90 bits per heavy atom. The van der Waals surface area contributed by atoms with Crippen LogP contribution in [0.15, 0.2) is 36.4 Å². The lowest BCUT2D eigenvalue weighted by Gasteiger charge is -2.38. The summed E-state index contributed by atoms with van der Waals surface area (Å²) in [5.74, 6) is 2.99. The van der Waals surface area contributed by atoms with Gasteiger partial charge in [-0.2, -0.15) is 0 Å². The van der Waals surface area contributed by atoms with Crippen LogP contribution in [0, 0.1) is 23.7 Å². The summed E-state index contributed by atoms with van der Waals surface area (Å²) in [6, 6.07) is 8.96. The van der Waals surface area contributed by atoms with Crippen LogP contribution in [0.25, 0.3) is 0 Å². The first-order valence-corrected chi connectivity index (χ1v) is 7.86. The Kier molecular flexibility index (Phi) is 1.97. The molecule has 2 heteroatoms. The smallest absolute Gasteiger partial charge is 0.231 e. The number of fused-ring (bicyclic) bond motifs is 9. The largest absolute Gasteiger partial charge is 0.308 e. The summed E-state index contributed by atoms with van der Waals surface area (Å²) < 4.78 is 0. The molecule has 2 aliphatic heterocycles. The number of hydrogen-bond donors (Lipinski definition) is 0. The van der Waals surface area contributed by atoms with E-state index >= 15 is 0 Å².